The van der Waals surface area contributed by atoms with Crippen LogP contribution in [0, 0.1) is 11.8 Å². The third kappa shape index (κ3) is 1.64. The molecule has 3 rings (SSSR count). The average Bonchev–Trinajstić information content (AvgIpc) is 2.85. The van der Waals surface area contributed by atoms with E-state index in [4.69, 9.17) is 5.73 Å². The number of fused-ring (bicyclic) bond motifs is 2. The molecule has 2 N–H and O–H groups in total. The van der Waals surface area contributed by atoms with Gasteiger partial charge in [-0.05, 0) is 37.0 Å². The quantitative estimate of drug-likeness (QED) is 0.800. The number of carbonyl (C=O) groups excluding carboxylic acids is 2. The number of carbonyl (C=O) groups is 2. The van der Waals surface area contributed by atoms with Crippen molar-refractivity contribution in [2.75, 3.05) is 4.90 Å². The van der Waals surface area contributed by atoms with Gasteiger partial charge in [-0.15, -0.1) is 0 Å². The number of nitrogens with zero attached hydrogens (tertiary/aromatic N) is 1. The van der Waals surface area contributed by atoms with E-state index in [0.29, 0.717) is 12.2 Å². The van der Waals surface area contributed by atoms with Gasteiger partial charge in [0.25, 0.3) is 0 Å². The largest absolute Gasteiger partial charge is 0.326 e. The van der Waals surface area contributed by atoms with Gasteiger partial charge in [0.15, 0.2) is 0 Å². The fourth-order valence-electron chi connectivity index (χ4n) is 2.94. The highest BCUT2D eigenvalue weighted by Gasteiger charge is 2.45. The summed E-state index contributed by atoms with van der Waals surface area (Å²) in [4.78, 5) is 25.8. The lowest BCUT2D eigenvalue weighted by Gasteiger charge is -2.29. The lowest BCUT2D eigenvalue weighted by Crippen LogP contribution is -2.46. The fourth-order valence-corrected chi connectivity index (χ4v) is 2.94. The number of imide groups is 1. The van der Waals surface area contributed by atoms with Crippen LogP contribution in [0.5, 0.6) is 0 Å². The molecular weight excluding hydrogens is 228 g/mol. The van der Waals surface area contributed by atoms with Gasteiger partial charge >= 0.3 is 0 Å². The van der Waals surface area contributed by atoms with Gasteiger partial charge in [-0.25, -0.2) is 0 Å². The normalized spacial score (nSPS) is 26.8. The predicted octanol–water partition coefficient (Wildman–Crippen LogP) is 1.43. The van der Waals surface area contributed by atoms with Crippen LogP contribution in [0.1, 0.15) is 24.8 Å². The maximum atomic E-state index is 12.2. The SMILES string of the molecule is NCc1ccc(N2C(=O)C3CCC(C3)C2=O)cc1. The molecule has 1 aromatic rings. The van der Waals surface area contributed by atoms with Crippen LogP contribution in [0.3, 0.4) is 0 Å². The Labute approximate surface area is 106 Å². The second-order valence-electron chi connectivity index (χ2n) is 5.09. The third-order valence-electron chi connectivity index (χ3n) is 4.00. The molecule has 2 bridgehead atoms. The van der Waals surface area contributed by atoms with E-state index in [1.807, 2.05) is 24.3 Å². The van der Waals surface area contributed by atoms with Crippen LogP contribution in [0.15, 0.2) is 24.3 Å². The van der Waals surface area contributed by atoms with Crippen molar-refractivity contribution in [3.63, 3.8) is 0 Å². The summed E-state index contributed by atoms with van der Waals surface area (Å²) in [5.41, 5.74) is 7.22. The number of hydrogen-bond acceptors (Lipinski definition) is 3. The molecule has 94 valence electrons. The summed E-state index contributed by atoms with van der Waals surface area (Å²) in [6, 6.07) is 7.35. The van der Waals surface area contributed by atoms with Crippen molar-refractivity contribution in [1.29, 1.82) is 0 Å². The zero-order chi connectivity index (χ0) is 12.7. The van der Waals surface area contributed by atoms with E-state index in [2.05, 4.69) is 0 Å². The molecule has 2 aliphatic rings. The highest BCUT2D eigenvalue weighted by molar-refractivity contribution is 6.18. The fraction of sp³-hybridized carbons (Fsp3) is 0.429. The summed E-state index contributed by atoms with van der Waals surface area (Å²) in [6.45, 7) is 0.466. The molecular formula is C14H16N2O2. The Balaban J connectivity index is 1.94. The Morgan fingerprint density at radius 3 is 2.11 bits per heavy atom. The summed E-state index contributed by atoms with van der Waals surface area (Å²) >= 11 is 0. The van der Waals surface area contributed by atoms with Gasteiger partial charge in [-0.3, -0.25) is 14.5 Å². The molecule has 0 spiro atoms. The van der Waals surface area contributed by atoms with Crippen molar-refractivity contribution >= 4 is 17.5 Å². The molecule has 1 aliphatic carbocycles. The topological polar surface area (TPSA) is 63.4 Å². The molecule has 0 radical (unpaired) electrons. The summed E-state index contributed by atoms with van der Waals surface area (Å²) in [6.07, 6.45) is 2.45. The number of benzene rings is 1. The van der Waals surface area contributed by atoms with Gasteiger partial charge in [0.05, 0.1) is 5.69 Å². The van der Waals surface area contributed by atoms with Crippen molar-refractivity contribution < 1.29 is 9.59 Å². The minimum atomic E-state index is -0.0331. The molecule has 2 atom stereocenters. The third-order valence-corrected chi connectivity index (χ3v) is 4.00. The lowest BCUT2D eigenvalue weighted by atomic mass is 9.96. The van der Waals surface area contributed by atoms with Gasteiger partial charge in [0.2, 0.25) is 11.8 Å². The molecule has 0 aromatic heterocycles. The van der Waals surface area contributed by atoms with Crippen LogP contribution in [0.4, 0.5) is 5.69 Å². The maximum absolute atomic E-state index is 12.2. The van der Waals surface area contributed by atoms with Gasteiger partial charge in [-0.1, -0.05) is 12.1 Å². The Morgan fingerprint density at radius 1 is 1.06 bits per heavy atom. The number of anilines is 1. The van der Waals surface area contributed by atoms with E-state index in [1.165, 1.54) is 4.90 Å². The number of nitrogens with two attached hydrogens (primary N) is 1. The molecule has 4 nitrogen and oxygen atoms in total. The van der Waals surface area contributed by atoms with E-state index in [9.17, 15) is 9.59 Å². The van der Waals surface area contributed by atoms with Crippen molar-refractivity contribution in [1.82, 2.24) is 0 Å². The standard InChI is InChI=1S/C14H16N2O2/c15-8-9-1-5-12(6-2-9)16-13(17)10-3-4-11(7-10)14(16)18/h1-2,5-6,10-11H,3-4,7-8,15H2. The van der Waals surface area contributed by atoms with Crippen molar-refractivity contribution in [3.05, 3.63) is 29.8 Å². The zero-order valence-corrected chi connectivity index (χ0v) is 10.1. The zero-order valence-electron chi connectivity index (χ0n) is 10.1. The number of amides is 2. The van der Waals surface area contributed by atoms with Gasteiger partial charge in [0.1, 0.15) is 0 Å². The number of piperidine rings is 1. The Morgan fingerprint density at radius 2 is 1.61 bits per heavy atom. The lowest BCUT2D eigenvalue weighted by molar-refractivity contribution is -0.132. The Bertz CT molecular complexity index is 473. The predicted molar refractivity (Wildman–Crippen MR) is 67.7 cm³/mol. The van der Waals surface area contributed by atoms with E-state index in [-0.39, 0.29) is 23.7 Å². The van der Waals surface area contributed by atoms with Crippen LogP contribution in [0.25, 0.3) is 0 Å². The molecule has 1 aromatic carbocycles. The number of hydrogen-bond donors (Lipinski definition) is 1. The van der Waals surface area contributed by atoms with E-state index >= 15 is 0 Å². The van der Waals surface area contributed by atoms with Crippen LogP contribution >= 0.6 is 0 Å². The number of rotatable bonds is 2. The van der Waals surface area contributed by atoms with Crippen molar-refractivity contribution in [2.24, 2.45) is 17.6 Å². The molecule has 4 heteroatoms. The maximum Gasteiger partial charge on any atom is 0.236 e. The van der Waals surface area contributed by atoms with E-state index in [0.717, 1.165) is 24.8 Å². The summed E-state index contributed by atoms with van der Waals surface area (Å²) in [5, 5.41) is 0. The molecule has 1 aliphatic heterocycles. The first-order valence-corrected chi connectivity index (χ1v) is 6.37. The molecule has 2 fully saturated rings. The van der Waals surface area contributed by atoms with Crippen LogP contribution in [-0.4, -0.2) is 11.8 Å². The van der Waals surface area contributed by atoms with Crippen molar-refractivity contribution in [2.45, 2.75) is 25.8 Å². The minimum Gasteiger partial charge on any atom is -0.326 e. The first-order chi connectivity index (χ1) is 8.70. The molecule has 18 heavy (non-hydrogen) atoms. The first-order valence-electron chi connectivity index (χ1n) is 6.37. The van der Waals surface area contributed by atoms with Gasteiger partial charge in [-0.2, -0.15) is 0 Å². The van der Waals surface area contributed by atoms with Gasteiger partial charge in [0, 0.05) is 18.4 Å². The Kier molecular flexibility index (Phi) is 2.67. The van der Waals surface area contributed by atoms with Crippen LogP contribution < -0.4 is 10.6 Å². The Hall–Kier alpha value is -1.68. The summed E-state index contributed by atoms with van der Waals surface area (Å²) in [5.74, 6) is 0.0206. The summed E-state index contributed by atoms with van der Waals surface area (Å²) in [7, 11) is 0. The molecule has 2 amide bonds. The monoisotopic (exact) mass is 244 g/mol. The second kappa shape index (κ2) is 4.21. The molecule has 1 heterocycles. The molecule has 2 unspecified atom stereocenters. The smallest absolute Gasteiger partial charge is 0.236 e. The highest BCUT2D eigenvalue weighted by Crippen LogP contribution is 2.39. The minimum absolute atomic E-state index is 0.0331. The molecule has 1 saturated carbocycles. The first kappa shape index (κ1) is 11.4. The average molecular weight is 244 g/mol. The summed E-state index contributed by atoms with van der Waals surface area (Å²) < 4.78 is 0. The van der Waals surface area contributed by atoms with E-state index < -0.39 is 0 Å². The van der Waals surface area contributed by atoms with E-state index in [1.54, 1.807) is 0 Å². The highest BCUT2D eigenvalue weighted by atomic mass is 16.2. The van der Waals surface area contributed by atoms with Gasteiger partial charge < -0.3 is 5.73 Å². The second-order valence-corrected chi connectivity index (χ2v) is 5.09. The van der Waals surface area contributed by atoms with Crippen LogP contribution in [-0.2, 0) is 16.1 Å². The molecule has 1 saturated heterocycles. The van der Waals surface area contributed by atoms with Crippen LogP contribution in [0.2, 0.25) is 0 Å². The van der Waals surface area contributed by atoms with Crippen molar-refractivity contribution in [3.8, 4) is 0 Å².